The van der Waals surface area contributed by atoms with Gasteiger partial charge in [-0.05, 0) is 37.0 Å². The van der Waals surface area contributed by atoms with Gasteiger partial charge in [-0.25, -0.2) is 4.98 Å². The maximum Gasteiger partial charge on any atom is 0.0896 e. The first-order chi connectivity index (χ1) is 8.19. The monoisotopic (exact) mass is 373 g/mol. The SMILES string of the molecule is Cc1ncc(CC(CBr)c2cccc(Br)c2)s1. The molecule has 0 aliphatic carbocycles. The summed E-state index contributed by atoms with van der Waals surface area (Å²) < 4.78 is 1.14. The smallest absolute Gasteiger partial charge is 0.0896 e. The molecule has 0 N–H and O–H groups in total. The highest BCUT2D eigenvalue weighted by Crippen LogP contribution is 2.27. The van der Waals surface area contributed by atoms with Crippen LogP contribution < -0.4 is 0 Å². The van der Waals surface area contributed by atoms with Crippen molar-refractivity contribution in [3.8, 4) is 0 Å². The quantitative estimate of drug-likeness (QED) is 0.691. The Bertz CT molecular complexity index is 496. The van der Waals surface area contributed by atoms with Crippen molar-refractivity contribution < 1.29 is 0 Å². The van der Waals surface area contributed by atoms with Crippen molar-refractivity contribution in [1.29, 1.82) is 0 Å². The van der Waals surface area contributed by atoms with Gasteiger partial charge >= 0.3 is 0 Å². The highest BCUT2D eigenvalue weighted by atomic mass is 79.9. The molecule has 2 rings (SSSR count). The Morgan fingerprint density at radius 2 is 2.24 bits per heavy atom. The second-order valence-corrected chi connectivity index (χ2v) is 6.84. The number of benzene rings is 1. The van der Waals surface area contributed by atoms with Crippen LogP contribution in [0.2, 0.25) is 0 Å². The molecule has 0 amide bonds. The van der Waals surface area contributed by atoms with Crippen LogP contribution in [-0.4, -0.2) is 10.3 Å². The third-order valence-electron chi connectivity index (χ3n) is 2.62. The third kappa shape index (κ3) is 3.63. The topological polar surface area (TPSA) is 12.9 Å². The van der Waals surface area contributed by atoms with Crippen LogP contribution in [0.15, 0.2) is 34.9 Å². The zero-order valence-electron chi connectivity index (χ0n) is 9.49. The number of hydrogen-bond acceptors (Lipinski definition) is 2. The summed E-state index contributed by atoms with van der Waals surface area (Å²) in [6.07, 6.45) is 3.04. The Labute approximate surface area is 123 Å². The minimum absolute atomic E-state index is 0.507. The summed E-state index contributed by atoms with van der Waals surface area (Å²) in [4.78, 5) is 5.66. The van der Waals surface area contributed by atoms with Gasteiger partial charge in [-0.2, -0.15) is 0 Å². The molecule has 4 heteroatoms. The molecular formula is C13H13Br2NS. The molecule has 0 spiro atoms. The third-order valence-corrected chi connectivity index (χ3v) is 4.83. The predicted octanol–water partition coefficient (Wildman–Crippen LogP) is 4.94. The lowest BCUT2D eigenvalue weighted by molar-refractivity contribution is 0.783. The zero-order chi connectivity index (χ0) is 12.3. The average Bonchev–Trinajstić information content (AvgIpc) is 2.72. The molecule has 90 valence electrons. The highest BCUT2D eigenvalue weighted by Gasteiger charge is 2.12. The molecule has 1 unspecified atom stereocenters. The van der Waals surface area contributed by atoms with Gasteiger partial charge in [0.15, 0.2) is 0 Å². The summed E-state index contributed by atoms with van der Waals surface area (Å²) in [7, 11) is 0. The lowest BCUT2D eigenvalue weighted by atomic mass is 9.97. The van der Waals surface area contributed by atoms with Crippen LogP contribution >= 0.6 is 43.2 Å². The molecule has 0 aliphatic rings. The van der Waals surface area contributed by atoms with E-state index in [-0.39, 0.29) is 0 Å². The molecule has 2 aromatic rings. The first kappa shape index (κ1) is 13.2. The summed E-state index contributed by atoms with van der Waals surface area (Å²) in [5.41, 5.74) is 1.36. The lowest BCUT2D eigenvalue weighted by Gasteiger charge is -2.13. The van der Waals surface area contributed by atoms with E-state index in [1.54, 1.807) is 11.3 Å². The van der Waals surface area contributed by atoms with E-state index in [2.05, 4.69) is 68.0 Å². The van der Waals surface area contributed by atoms with Crippen LogP contribution in [0.25, 0.3) is 0 Å². The molecule has 1 heterocycles. The second kappa shape index (κ2) is 6.12. The van der Waals surface area contributed by atoms with Gasteiger partial charge in [0.25, 0.3) is 0 Å². The molecule has 17 heavy (non-hydrogen) atoms. The predicted molar refractivity (Wildman–Crippen MR) is 81.2 cm³/mol. The molecule has 0 fully saturated rings. The van der Waals surface area contributed by atoms with Crippen LogP contribution in [0.4, 0.5) is 0 Å². The van der Waals surface area contributed by atoms with Crippen molar-refractivity contribution in [2.24, 2.45) is 0 Å². The van der Waals surface area contributed by atoms with E-state index < -0.39 is 0 Å². The van der Waals surface area contributed by atoms with E-state index in [1.807, 2.05) is 6.20 Å². The van der Waals surface area contributed by atoms with E-state index in [0.29, 0.717) is 5.92 Å². The summed E-state index contributed by atoms with van der Waals surface area (Å²) in [5, 5.41) is 2.11. The number of hydrogen-bond donors (Lipinski definition) is 0. The zero-order valence-corrected chi connectivity index (χ0v) is 13.5. The van der Waals surface area contributed by atoms with Crippen LogP contribution in [-0.2, 0) is 6.42 Å². The van der Waals surface area contributed by atoms with E-state index >= 15 is 0 Å². The Morgan fingerprint density at radius 3 is 2.82 bits per heavy atom. The summed E-state index contributed by atoms with van der Waals surface area (Å²) >= 11 is 8.92. The van der Waals surface area contributed by atoms with E-state index in [9.17, 15) is 0 Å². The maximum absolute atomic E-state index is 4.31. The maximum atomic E-state index is 4.31. The van der Waals surface area contributed by atoms with Crippen molar-refractivity contribution in [3.63, 3.8) is 0 Å². The largest absolute Gasteiger partial charge is 0.250 e. The number of alkyl halides is 1. The molecule has 1 aromatic heterocycles. The Hall–Kier alpha value is -0.190. The fraction of sp³-hybridized carbons (Fsp3) is 0.308. The minimum Gasteiger partial charge on any atom is -0.250 e. The molecule has 0 aliphatic heterocycles. The van der Waals surface area contributed by atoms with Crippen molar-refractivity contribution in [3.05, 3.63) is 50.4 Å². The average molecular weight is 375 g/mol. The standard InChI is InChI=1S/C13H13Br2NS/c1-9-16-8-13(17-9)6-11(7-14)10-3-2-4-12(15)5-10/h2-5,8,11H,6-7H2,1H3. The van der Waals surface area contributed by atoms with Crippen LogP contribution in [0.5, 0.6) is 0 Å². The van der Waals surface area contributed by atoms with Crippen LogP contribution in [0.1, 0.15) is 21.4 Å². The van der Waals surface area contributed by atoms with Gasteiger partial charge in [0.1, 0.15) is 0 Å². The first-order valence-electron chi connectivity index (χ1n) is 5.42. The molecular weight excluding hydrogens is 362 g/mol. The van der Waals surface area contributed by atoms with E-state index in [4.69, 9.17) is 0 Å². The van der Waals surface area contributed by atoms with Gasteiger partial charge < -0.3 is 0 Å². The van der Waals surface area contributed by atoms with Gasteiger partial charge in [-0.15, -0.1) is 11.3 Å². The van der Waals surface area contributed by atoms with Gasteiger partial charge in [0, 0.05) is 20.9 Å². The Balaban J connectivity index is 2.16. The summed E-state index contributed by atoms with van der Waals surface area (Å²) in [6.45, 7) is 2.05. The van der Waals surface area contributed by atoms with Gasteiger partial charge in [0.2, 0.25) is 0 Å². The van der Waals surface area contributed by atoms with Crippen molar-refractivity contribution in [1.82, 2.24) is 4.98 Å². The van der Waals surface area contributed by atoms with Crippen molar-refractivity contribution in [2.45, 2.75) is 19.3 Å². The number of halogens is 2. The molecule has 1 nitrogen and oxygen atoms in total. The van der Waals surface area contributed by atoms with Crippen molar-refractivity contribution >= 4 is 43.2 Å². The number of aromatic nitrogens is 1. The number of aryl methyl sites for hydroxylation is 1. The summed E-state index contributed by atoms with van der Waals surface area (Å²) in [6, 6.07) is 8.53. The highest BCUT2D eigenvalue weighted by molar-refractivity contribution is 9.10. The van der Waals surface area contributed by atoms with Crippen molar-refractivity contribution in [2.75, 3.05) is 5.33 Å². The lowest BCUT2D eigenvalue weighted by Crippen LogP contribution is -2.03. The Kier molecular flexibility index (Phi) is 4.77. The van der Waals surface area contributed by atoms with E-state index in [1.165, 1.54) is 10.4 Å². The van der Waals surface area contributed by atoms with Gasteiger partial charge in [-0.3, -0.25) is 0 Å². The van der Waals surface area contributed by atoms with Crippen LogP contribution in [0, 0.1) is 6.92 Å². The number of thiazole rings is 1. The number of nitrogens with zero attached hydrogens (tertiary/aromatic N) is 1. The molecule has 1 aromatic carbocycles. The molecule has 0 saturated heterocycles. The number of rotatable bonds is 4. The fourth-order valence-electron chi connectivity index (χ4n) is 1.76. The van der Waals surface area contributed by atoms with Gasteiger partial charge in [-0.1, -0.05) is 44.0 Å². The van der Waals surface area contributed by atoms with Crippen LogP contribution in [0.3, 0.4) is 0 Å². The first-order valence-corrected chi connectivity index (χ1v) is 8.15. The Morgan fingerprint density at radius 1 is 1.41 bits per heavy atom. The molecule has 1 atom stereocenters. The summed E-state index contributed by atoms with van der Waals surface area (Å²) in [5.74, 6) is 0.507. The minimum atomic E-state index is 0.507. The van der Waals surface area contributed by atoms with Gasteiger partial charge in [0.05, 0.1) is 5.01 Å². The molecule has 0 radical (unpaired) electrons. The molecule has 0 saturated carbocycles. The normalized spacial score (nSPS) is 12.6. The fourth-order valence-corrected chi connectivity index (χ4v) is 3.66. The van der Waals surface area contributed by atoms with E-state index in [0.717, 1.165) is 21.2 Å². The molecule has 0 bridgehead atoms. The second-order valence-electron chi connectivity index (χ2n) is 3.96.